The number of benzene rings is 2. The number of nitrogens with one attached hydrogen (secondary N) is 2. The largest absolute Gasteiger partial charge is 0.495 e. The Labute approximate surface area is 165 Å². The number of para-hydroxylation sites is 2. The molecule has 0 spiro atoms. The predicted molar refractivity (Wildman–Crippen MR) is 110 cm³/mol. The number of fused-ring (bicyclic) bond motifs is 1. The highest BCUT2D eigenvalue weighted by Crippen LogP contribution is 2.26. The Hall–Kier alpha value is -2.58. The van der Waals surface area contributed by atoms with Crippen LogP contribution in [0.3, 0.4) is 0 Å². The average molecular weight is 404 g/mol. The lowest BCUT2D eigenvalue weighted by Crippen LogP contribution is -2.37. The van der Waals surface area contributed by atoms with Crippen LogP contribution in [0.1, 0.15) is 24.5 Å². The smallest absolute Gasteiger partial charge is 0.323 e. The number of ether oxygens (including phenoxy) is 1. The van der Waals surface area contributed by atoms with Gasteiger partial charge in [0, 0.05) is 18.8 Å². The van der Waals surface area contributed by atoms with Crippen LogP contribution >= 0.6 is 0 Å². The molecular formula is C20H25N3O4S. The minimum Gasteiger partial charge on any atom is -0.495 e. The summed E-state index contributed by atoms with van der Waals surface area (Å²) in [7, 11) is -1.70. The predicted octanol–water partition coefficient (Wildman–Crippen LogP) is 3.44. The second kappa shape index (κ2) is 8.62. The van der Waals surface area contributed by atoms with Crippen molar-refractivity contribution in [2.75, 3.05) is 30.0 Å². The highest BCUT2D eigenvalue weighted by molar-refractivity contribution is 7.89. The number of carbonyl (C=O) groups is 1. The molecule has 0 radical (unpaired) electrons. The summed E-state index contributed by atoms with van der Waals surface area (Å²) in [5, 5.41) is 5.56. The van der Waals surface area contributed by atoms with E-state index in [1.807, 2.05) is 37.3 Å². The van der Waals surface area contributed by atoms with Crippen LogP contribution < -0.4 is 15.4 Å². The number of urea groups is 1. The molecule has 1 heterocycles. The molecule has 0 aliphatic carbocycles. The number of nitrogens with zero attached hydrogens (tertiary/aromatic N) is 1. The van der Waals surface area contributed by atoms with Crippen molar-refractivity contribution in [3.8, 4) is 5.75 Å². The van der Waals surface area contributed by atoms with Crippen molar-refractivity contribution in [1.82, 2.24) is 4.31 Å². The molecule has 0 saturated carbocycles. The van der Waals surface area contributed by atoms with Crippen LogP contribution in [-0.4, -0.2) is 38.2 Å². The molecule has 28 heavy (non-hydrogen) atoms. The highest BCUT2D eigenvalue weighted by atomic mass is 32.2. The van der Waals surface area contributed by atoms with Crippen molar-refractivity contribution < 1.29 is 17.9 Å². The average Bonchev–Trinajstić information content (AvgIpc) is 2.67. The molecule has 1 aliphatic rings. The van der Waals surface area contributed by atoms with E-state index in [1.165, 1.54) is 4.31 Å². The van der Waals surface area contributed by atoms with E-state index in [0.29, 0.717) is 43.1 Å². The molecule has 0 unspecified atom stereocenters. The van der Waals surface area contributed by atoms with E-state index in [4.69, 9.17) is 4.74 Å². The van der Waals surface area contributed by atoms with E-state index in [1.54, 1.807) is 19.2 Å². The number of rotatable bonds is 6. The van der Waals surface area contributed by atoms with E-state index in [2.05, 4.69) is 10.6 Å². The third-order valence-corrected chi connectivity index (χ3v) is 6.67. The summed E-state index contributed by atoms with van der Waals surface area (Å²) < 4.78 is 31.5. The van der Waals surface area contributed by atoms with E-state index >= 15 is 0 Å². The van der Waals surface area contributed by atoms with Gasteiger partial charge in [-0.2, -0.15) is 4.31 Å². The fraction of sp³-hybridized carbons (Fsp3) is 0.350. The number of anilines is 2. The van der Waals surface area contributed by atoms with Gasteiger partial charge in [-0.05, 0) is 48.2 Å². The Balaban J connectivity index is 1.71. The van der Waals surface area contributed by atoms with Gasteiger partial charge in [-0.1, -0.05) is 25.1 Å². The number of sulfonamides is 1. The molecule has 0 bridgehead atoms. The van der Waals surface area contributed by atoms with Crippen LogP contribution in [0.5, 0.6) is 5.75 Å². The number of methoxy groups -OCH3 is 1. The quantitative estimate of drug-likeness (QED) is 0.773. The zero-order valence-corrected chi connectivity index (χ0v) is 16.9. The molecule has 1 aliphatic heterocycles. The van der Waals surface area contributed by atoms with E-state index < -0.39 is 16.1 Å². The number of hydrogen-bond donors (Lipinski definition) is 2. The fourth-order valence-corrected chi connectivity index (χ4v) is 4.75. The lowest BCUT2D eigenvalue weighted by atomic mass is 10.0. The van der Waals surface area contributed by atoms with Gasteiger partial charge in [-0.15, -0.1) is 0 Å². The summed E-state index contributed by atoms with van der Waals surface area (Å²) in [5.74, 6) is 0.724. The zero-order valence-electron chi connectivity index (χ0n) is 16.1. The maximum absolute atomic E-state index is 12.4. The standard InChI is InChI=1S/C20H25N3O4S/c1-3-12-28(25,26)23-11-10-15-8-9-17(13-16(15)14-23)21-20(24)22-18-6-4-5-7-19(18)27-2/h4-9,13H,3,10-12,14H2,1-2H3,(H2,21,22,24). The Bertz CT molecular complexity index is 960. The Kier molecular flexibility index (Phi) is 6.21. The van der Waals surface area contributed by atoms with Gasteiger partial charge in [0.2, 0.25) is 10.0 Å². The van der Waals surface area contributed by atoms with Crippen molar-refractivity contribution in [3.63, 3.8) is 0 Å². The van der Waals surface area contributed by atoms with Crippen LogP contribution in [0.15, 0.2) is 42.5 Å². The topological polar surface area (TPSA) is 87.7 Å². The van der Waals surface area contributed by atoms with Crippen LogP contribution in [0.2, 0.25) is 0 Å². The SMILES string of the molecule is CCCS(=O)(=O)N1CCc2ccc(NC(=O)Nc3ccccc3OC)cc2C1. The fourth-order valence-electron chi connectivity index (χ4n) is 3.27. The summed E-state index contributed by atoms with van der Waals surface area (Å²) in [6.45, 7) is 2.69. The molecule has 150 valence electrons. The van der Waals surface area contributed by atoms with Crippen molar-refractivity contribution in [1.29, 1.82) is 0 Å². The first-order valence-corrected chi connectivity index (χ1v) is 10.8. The molecular weight excluding hydrogens is 378 g/mol. The summed E-state index contributed by atoms with van der Waals surface area (Å²) in [6.07, 6.45) is 1.27. The maximum atomic E-state index is 12.4. The van der Waals surface area contributed by atoms with Crippen LogP contribution in [0.25, 0.3) is 0 Å². The van der Waals surface area contributed by atoms with Crippen molar-refractivity contribution in [2.24, 2.45) is 0 Å². The minimum atomic E-state index is -3.24. The van der Waals surface area contributed by atoms with Gasteiger partial charge < -0.3 is 15.4 Å². The lowest BCUT2D eigenvalue weighted by Gasteiger charge is -2.28. The van der Waals surface area contributed by atoms with Gasteiger partial charge in [-0.3, -0.25) is 0 Å². The monoisotopic (exact) mass is 403 g/mol. The third kappa shape index (κ3) is 4.63. The van der Waals surface area contributed by atoms with Gasteiger partial charge in [0.25, 0.3) is 0 Å². The van der Waals surface area contributed by atoms with E-state index in [0.717, 1.165) is 11.1 Å². The first-order chi connectivity index (χ1) is 13.4. The van der Waals surface area contributed by atoms with Gasteiger partial charge in [0.1, 0.15) is 5.75 Å². The molecule has 2 aromatic rings. The molecule has 0 atom stereocenters. The molecule has 2 amide bonds. The lowest BCUT2D eigenvalue weighted by molar-refractivity contribution is 0.262. The molecule has 8 heteroatoms. The molecule has 2 aromatic carbocycles. The van der Waals surface area contributed by atoms with Gasteiger partial charge in [0.05, 0.1) is 18.6 Å². The molecule has 0 aromatic heterocycles. The first-order valence-electron chi connectivity index (χ1n) is 9.23. The van der Waals surface area contributed by atoms with E-state index in [9.17, 15) is 13.2 Å². The zero-order chi connectivity index (χ0) is 20.1. The van der Waals surface area contributed by atoms with Gasteiger partial charge in [-0.25, -0.2) is 13.2 Å². The third-order valence-electron chi connectivity index (χ3n) is 4.65. The van der Waals surface area contributed by atoms with Crippen LogP contribution in [0, 0.1) is 0 Å². The molecule has 7 nitrogen and oxygen atoms in total. The minimum absolute atomic E-state index is 0.154. The second-order valence-corrected chi connectivity index (χ2v) is 8.75. The summed E-state index contributed by atoms with van der Waals surface area (Å²) in [4.78, 5) is 12.3. The number of carbonyl (C=O) groups excluding carboxylic acids is 1. The molecule has 3 rings (SSSR count). The number of hydrogen-bond acceptors (Lipinski definition) is 4. The van der Waals surface area contributed by atoms with Crippen molar-refractivity contribution in [3.05, 3.63) is 53.6 Å². The van der Waals surface area contributed by atoms with Gasteiger partial charge in [0.15, 0.2) is 0 Å². The van der Waals surface area contributed by atoms with E-state index in [-0.39, 0.29) is 5.75 Å². The first kappa shape index (κ1) is 20.2. The summed E-state index contributed by atoms with van der Waals surface area (Å²) in [6, 6.07) is 12.4. The summed E-state index contributed by atoms with van der Waals surface area (Å²) in [5.41, 5.74) is 3.21. The second-order valence-electron chi connectivity index (χ2n) is 6.66. The van der Waals surface area contributed by atoms with Crippen molar-refractivity contribution >= 4 is 27.4 Å². The Morgan fingerprint density at radius 1 is 1.14 bits per heavy atom. The van der Waals surface area contributed by atoms with Gasteiger partial charge >= 0.3 is 6.03 Å². The normalized spacial score (nSPS) is 14.2. The van der Waals surface area contributed by atoms with Crippen LogP contribution in [0.4, 0.5) is 16.2 Å². The van der Waals surface area contributed by atoms with Crippen molar-refractivity contribution in [2.45, 2.75) is 26.3 Å². The Morgan fingerprint density at radius 2 is 1.93 bits per heavy atom. The van der Waals surface area contributed by atoms with Crippen LogP contribution in [-0.2, 0) is 23.0 Å². The number of amides is 2. The molecule has 0 fully saturated rings. The maximum Gasteiger partial charge on any atom is 0.323 e. The summed E-state index contributed by atoms with van der Waals surface area (Å²) >= 11 is 0. The highest BCUT2D eigenvalue weighted by Gasteiger charge is 2.26. The Morgan fingerprint density at radius 3 is 2.68 bits per heavy atom. The molecule has 2 N–H and O–H groups in total. The molecule has 0 saturated heterocycles.